The summed E-state index contributed by atoms with van der Waals surface area (Å²) in [5, 5.41) is 11.3. The van der Waals surface area contributed by atoms with Gasteiger partial charge in [0.2, 0.25) is 0 Å². The number of ketones is 1. The Morgan fingerprint density at radius 3 is 2.30 bits per heavy atom. The molecule has 160 valence electrons. The lowest BCUT2D eigenvalue weighted by Crippen LogP contribution is -2.23. The number of aromatic nitrogens is 2. The summed E-state index contributed by atoms with van der Waals surface area (Å²) in [5.74, 6) is 0.552. The molecule has 0 aliphatic heterocycles. The molecular formula is C24H30N2O3S. The van der Waals surface area contributed by atoms with E-state index in [0.29, 0.717) is 35.6 Å². The maximum Gasteiger partial charge on any atom is 0.262 e. The van der Waals surface area contributed by atoms with Crippen molar-refractivity contribution in [3.63, 3.8) is 0 Å². The van der Waals surface area contributed by atoms with E-state index in [1.807, 2.05) is 6.92 Å². The van der Waals surface area contributed by atoms with Crippen molar-refractivity contribution < 1.29 is 14.5 Å². The summed E-state index contributed by atoms with van der Waals surface area (Å²) >= 11 is -1.26. The summed E-state index contributed by atoms with van der Waals surface area (Å²) in [5.41, 5.74) is 5.59. The molecule has 3 rings (SSSR count). The number of nitrogens with zero attached hydrogens (tertiary/aromatic N) is 2. The smallest absolute Gasteiger partial charge is 0.262 e. The van der Waals surface area contributed by atoms with Gasteiger partial charge in [0.05, 0.1) is 17.5 Å². The minimum Gasteiger partial charge on any atom is -0.610 e. The Bertz CT molecular complexity index is 928. The number of carbonyl (C=O) groups excluding carboxylic acids is 1. The van der Waals surface area contributed by atoms with E-state index in [2.05, 4.69) is 42.9 Å². The summed E-state index contributed by atoms with van der Waals surface area (Å²) < 4.78 is 12.5. The van der Waals surface area contributed by atoms with Gasteiger partial charge in [0.15, 0.2) is 5.78 Å². The second-order valence-electron chi connectivity index (χ2n) is 8.02. The van der Waals surface area contributed by atoms with Crippen LogP contribution < -0.4 is 0 Å². The number of hydrogen-bond acceptors (Lipinski definition) is 5. The monoisotopic (exact) mass is 426 g/mol. The van der Waals surface area contributed by atoms with Crippen LogP contribution >= 0.6 is 0 Å². The third kappa shape index (κ3) is 4.93. The highest BCUT2D eigenvalue weighted by Crippen LogP contribution is 2.37. The van der Waals surface area contributed by atoms with E-state index in [0.717, 1.165) is 35.2 Å². The second kappa shape index (κ2) is 9.75. The minimum atomic E-state index is -1.26. The molecule has 6 heteroatoms. The third-order valence-electron chi connectivity index (χ3n) is 5.68. The van der Waals surface area contributed by atoms with Gasteiger partial charge < -0.3 is 9.66 Å². The van der Waals surface area contributed by atoms with Gasteiger partial charge in [-0.1, -0.05) is 31.5 Å². The van der Waals surface area contributed by atoms with E-state index < -0.39 is 11.2 Å². The van der Waals surface area contributed by atoms with E-state index in [1.165, 1.54) is 5.56 Å². The number of aliphatic hydroxyl groups is 1. The van der Waals surface area contributed by atoms with E-state index in [-0.39, 0.29) is 17.5 Å². The topological polar surface area (TPSA) is 86.1 Å². The Morgan fingerprint density at radius 2 is 1.77 bits per heavy atom. The van der Waals surface area contributed by atoms with Crippen molar-refractivity contribution in [1.82, 2.24) is 9.97 Å². The summed E-state index contributed by atoms with van der Waals surface area (Å²) in [6.45, 7) is 8.05. The number of carbonyl (C=O) groups is 1. The van der Waals surface area contributed by atoms with Crippen LogP contribution in [0.2, 0.25) is 0 Å². The number of Topliss-reactive ketones (excluding diaryl/α,β-unsaturated/α-hetero) is 1. The number of rotatable bonds is 7. The molecule has 0 bridgehead atoms. The van der Waals surface area contributed by atoms with Crippen molar-refractivity contribution in [3.8, 4) is 0 Å². The molecule has 0 spiro atoms. The average Bonchev–Trinajstić information content (AvgIpc) is 2.72. The molecule has 1 heterocycles. The molecule has 30 heavy (non-hydrogen) atoms. The fourth-order valence-electron chi connectivity index (χ4n) is 4.16. The molecule has 0 amide bonds. The zero-order valence-corrected chi connectivity index (χ0v) is 19.0. The summed E-state index contributed by atoms with van der Waals surface area (Å²) in [7, 11) is 0. The molecule has 1 aromatic carbocycles. The fourth-order valence-corrected chi connectivity index (χ4v) is 5.26. The zero-order chi connectivity index (χ0) is 21.8. The van der Waals surface area contributed by atoms with Crippen LogP contribution in [0.1, 0.15) is 61.1 Å². The van der Waals surface area contributed by atoms with Gasteiger partial charge in [0, 0.05) is 24.0 Å². The standard InChI is InChI=1S/C24H30N2O3S/c1-5-18-9-15(3)10-19(6-2)23(18)24-20(27)11-17(12-21(24)28)7-8-30(29)22-14-25-16(4)13-26-22/h9-10,13-14,17,27H,5-8,11-12H2,1-4H3. The maximum absolute atomic E-state index is 13.1. The Kier molecular flexibility index (Phi) is 7.32. The van der Waals surface area contributed by atoms with E-state index in [1.54, 1.807) is 12.4 Å². The van der Waals surface area contributed by atoms with Gasteiger partial charge in [0.1, 0.15) is 17.7 Å². The Labute approximate surface area is 181 Å². The molecule has 0 saturated carbocycles. The number of aryl methyl sites for hydroxylation is 4. The molecule has 5 nitrogen and oxygen atoms in total. The van der Waals surface area contributed by atoms with Gasteiger partial charge in [0.25, 0.3) is 5.03 Å². The molecule has 0 radical (unpaired) electrons. The van der Waals surface area contributed by atoms with Crippen molar-refractivity contribution in [1.29, 1.82) is 0 Å². The molecule has 1 aliphatic rings. The number of hydrogen-bond donors (Lipinski definition) is 1. The molecule has 1 aliphatic carbocycles. The molecule has 2 aromatic rings. The van der Waals surface area contributed by atoms with Crippen molar-refractivity contribution in [2.45, 2.75) is 64.8 Å². The summed E-state index contributed by atoms with van der Waals surface area (Å²) in [4.78, 5) is 21.4. The second-order valence-corrected chi connectivity index (χ2v) is 9.54. The summed E-state index contributed by atoms with van der Waals surface area (Å²) in [6.07, 6.45) is 6.19. The Balaban J connectivity index is 1.78. The molecule has 1 aromatic heterocycles. The van der Waals surface area contributed by atoms with Crippen LogP contribution in [-0.4, -0.2) is 31.2 Å². The normalized spacial score (nSPS) is 18.0. The Hall–Kier alpha value is -2.18. The van der Waals surface area contributed by atoms with E-state index in [9.17, 15) is 14.5 Å². The number of allylic oxidation sites excluding steroid dienone is 2. The fraction of sp³-hybridized carbons (Fsp3) is 0.458. The minimum absolute atomic E-state index is 0.00999. The van der Waals surface area contributed by atoms with Gasteiger partial charge >= 0.3 is 0 Å². The number of aliphatic hydroxyl groups excluding tert-OH is 1. The lowest BCUT2D eigenvalue weighted by atomic mass is 9.79. The summed E-state index contributed by atoms with van der Waals surface area (Å²) in [6, 6.07) is 4.22. The first-order valence-corrected chi connectivity index (χ1v) is 11.9. The van der Waals surface area contributed by atoms with Crippen LogP contribution in [0.25, 0.3) is 5.57 Å². The maximum atomic E-state index is 13.1. The van der Waals surface area contributed by atoms with Crippen molar-refractivity contribution in [2.75, 3.05) is 5.75 Å². The van der Waals surface area contributed by atoms with Crippen LogP contribution in [0.4, 0.5) is 0 Å². The van der Waals surface area contributed by atoms with Gasteiger partial charge in [-0.3, -0.25) is 9.78 Å². The first-order valence-electron chi connectivity index (χ1n) is 10.6. The van der Waals surface area contributed by atoms with Gasteiger partial charge in [-0.05, 0) is 55.7 Å². The van der Waals surface area contributed by atoms with E-state index in [4.69, 9.17) is 0 Å². The van der Waals surface area contributed by atoms with Crippen LogP contribution in [0.15, 0.2) is 35.3 Å². The molecule has 2 unspecified atom stereocenters. The van der Waals surface area contributed by atoms with Crippen LogP contribution in [-0.2, 0) is 28.8 Å². The molecule has 0 fully saturated rings. The van der Waals surface area contributed by atoms with Gasteiger partial charge in [-0.25, -0.2) is 4.98 Å². The molecule has 1 N–H and O–H groups in total. The van der Waals surface area contributed by atoms with Crippen molar-refractivity contribution in [3.05, 3.63) is 58.2 Å². The number of benzene rings is 1. The average molecular weight is 427 g/mol. The van der Waals surface area contributed by atoms with Crippen molar-refractivity contribution >= 4 is 22.5 Å². The van der Waals surface area contributed by atoms with Crippen LogP contribution in [0, 0.1) is 19.8 Å². The quantitative estimate of drug-likeness (QED) is 0.651. The molecular weight excluding hydrogens is 396 g/mol. The lowest BCUT2D eigenvalue weighted by Gasteiger charge is -2.26. The predicted octanol–water partition coefficient (Wildman–Crippen LogP) is 4.66. The first-order chi connectivity index (χ1) is 14.3. The van der Waals surface area contributed by atoms with Gasteiger partial charge in [-0.2, -0.15) is 0 Å². The lowest BCUT2D eigenvalue weighted by molar-refractivity contribution is -0.115. The highest BCUT2D eigenvalue weighted by Gasteiger charge is 2.31. The highest BCUT2D eigenvalue weighted by atomic mass is 32.2. The highest BCUT2D eigenvalue weighted by molar-refractivity contribution is 7.91. The van der Waals surface area contributed by atoms with Crippen molar-refractivity contribution in [2.24, 2.45) is 5.92 Å². The first kappa shape index (κ1) is 22.5. The molecule has 0 saturated heterocycles. The third-order valence-corrected chi connectivity index (χ3v) is 6.97. The van der Waals surface area contributed by atoms with Crippen LogP contribution in [0.3, 0.4) is 0 Å². The molecule has 2 atom stereocenters. The van der Waals surface area contributed by atoms with E-state index >= 15 is 0 Å². The largest absolute Gasteiger partial charge is 0.610 e. The van der Waals surface area contributed by atoms with Gasteiger partial charge in [-0.15, -0.1) is 0 Å². The SMILES string of the molecule is CCc1cc(C)cc(CC)c1C1=C(O)CC(CC[S+]([O-])c2cnc(C)cn2)CC1=O. The van der Waals surface area contributed by atoms with Crippen LogP contribution in [0.5, 0.6) is 0 Å². The Morgan fingerprint density at radius 1 is 1.10 bits per heavy atom. The zero-order valence-electron chi connectivity index (χ0n) is 18.2. The predicted molar refractivity (Wildman–Crippen MR) is 120 cm³/mol.